The van der Waals surface area contributed by atoms with Crippen molar-refractivity contribution < 1.29 is 9.53 Å². The largest absolute Gasteiger partial charge is 0.415 e. The maximum Gasteiger partial charge on any atom is 0.415 e. The Labute approximate surface area is 116 Å². The Bertz CT molecular complexity index is 382. The van der Waals surface area contributed by atoms with E-state index >= 15 is 0 Å². The third-order valence-electron chi connectivity index (χ3n) is 3.11. The van der Waals surface area contributed by atoms with Gasteiger partial charge in [0.2, 0.25) is 0 Å². The van der Waals surface area contributed by atoms with Crippen LogP contribution in [0.2, 0.25) is 0 Å². The molecule has 0 saturated carbocycles. The molecule has 0 fully saturated rings. The maximum atomic E-state index is 12.2. The van der Waals surface area contributed by atoms with Gasteiger partial charge in [0.15, 0.2) is 0 Å². The molecule has 0 aliphatic carbocycles. The summed E-state index contributed by atoms with van der Waals surface area (Å²) in [5, 5.41) is 0. The highest BCUT2D eigenvalue weighted by molar-refractivity contribution is 5.71. The Balaban J connectivity index is 2.62. The highest BCUT2D eigenvalue weighted by Gasteiger charge is 2.15. The van der Waals surface area contributed by atoms with Crippen molar-refractivity contribution in [1.82, 2.24) is 4.90 Å². The van der Waals surface area contributed by atoms with E-state index in [1.165, 1.54) is 0 Å². The van der Waals surface area contributed by atoms with Crippen molar-refractivity contribution in [2.24, 2.45) is 0 Å². The lowest BCUT2D eigenvalue weighted by atomic mass is 10.2. The van der Waals surface area contributed by atoms with Gasteiger partial charge in [-0.3, -0.25) is 0 Å². The van der Waals surface area contributed by atoms with Crippen molar-refractivity contribution in [2.75, 3.05) is 13.1 Å². The Morgan fingerprint density at radius 3 is 2.21 bits per heavy atom. The standard InChI is InChI=1S/C16H25NO2/c1-4-6-12-17(13-7-5-2)16(18)19-15-11-9-8-10-14(15)3/h8-11H,4-7,12-13H2,1-3H3. The van der Waals surface area contributed by atoms with Gasteiger partial charge in [0.1, 0.15) is 5.75 Å². The van der Waals surface area contributed by atoms with Gasteiger partial charge in [0.05, 0.1) is 0 Å². The molecule has 0 aromatic heterocycles. The number of para-hydroxylation sites is 1. The number of carbonyl (C=O) groups excluding carboxylic acids is 1. The van der Waals surface area contributed by atoms with E-state index in [1.807, 2.05) is 36.1 Å². The highest BCUT2D eigenvalue weighted by Crippen LogP contribution is 2.17. The molecular formula is C16H25NO2. The van der Waals surface area contributed by atoms with Crippen molar-refractivity contribution in [3.8, 4) is 5.75 Å². The van der Waals surface area contributed by atoms with Crippen LogP contribution in [-0.4, -0.2) is 24.1 Å². The fourth-order valence-electron chi connectivity index (χ4n) is 1.82. The number of ether oxygens (including phenoxy) is 1. The molecule has 3 heteroatoms. The first kappa shape index (κ1) is 15.5. The predicted octanol–water partition coefficient (Wildman–Crippen LogP) is 4.40. The first-order chi connectivity index (χ1) is 9.19. The monoisotopic (exact) mass is 263 g/mol. The predicted molar refractivity (Wildman–Crippen MR) is 78.6 cm³/mol. The fourth-order valence-corrected chi connectivity index (χ4v) is 1.82. The normalized spacial score (nSPS) is 10.3. The van der Waals surface area contributed by atoms with Crippen molar-refractivity contribution in [3.05, 3.63) is 29.8 Å². The lowest BCUT2D eigenvalue weighted by Gasteiger charge is -2.22. The topological polar surface area (TPSA) is 29.5 Å². The van der Waals surface area contributed by atoms with Gasteiger partial charge in [-0.2, -0.15) is 0 Å². The number of rotatable bonds is 7. The minimum absolute atomic E-state index is 0.226. The SMILES string of the molecule is CCCCN(CCCC)C(=O)Oc1ccccc1C. The van der Waals surface area contributed by atoms with Crippen LogP contribution in [0.15, 0.2) is 24.3 Å². The van der Waals surface area contributed by atoms with Crippen molar-refractivity contribution in [1.29, 1.82) is 0 Å². The summed E-state index contributed by atoms with van der Waals surface area (Å²) in [6.45, 7) is 7.77. The molecule has 1 aromatic rings. The lowest BCUT2D eigenvalue weighted by Crippen LogP contribution is -2.35. The van der Waals surface area contributed by atoms with E-state index in [9.17, 15) is 4.79 Å². The number of hydrogen-bond donors (Lipinski definition) is 0. The second-order valence-electron chi connectivity index (χ2n) is 4.83. The first-order valence-electron chi connectivity index (χ1n) is 7.21. The van der Waals surface area contributed by atoms with Crippen LogP contribution < -0.4 is 4.74 Å². The average molecular weight is 263 g/mol. The van der Waals surface area contributed by atoms with Gasteiger partial charge in [-0.1, -0.05) is 44.9 Å². The van der Waals surface area contributed by atoms with E-state index in [4.69, 9.17) is 4.74 Å². The quantitative estimate of drug-likeness (QED) is 0.730. The summed E-state index contributed by atoms with van der Waals surface area (Å²) in [4.78, 5) is 14.0. The van der Waals surface area contributed by atoms with E-state index in [1.54, 1.807) is 0 Å². The molecule has 0 spiro atoms. The molecule has 0 bridgehead atoms. The summed E-state index contributed by atoms with van der Waals surface area (Å²) in [6.07, 6.45) is 3.98. The number of unbranched alkanes of at least 4 members (excludes halogenated alkanes) is 2. The molecule has 0 heterocycles. The van der Waals surface area contributed by atoms with Gasteiger partial charge in [-0.05, 0) is 31.4 Å². The number of nitrogens with zero attached hydrogens (tertiary/aromatic N) is 1. The number of aryl methyl sites for hydroxylation is 1. The molecule has 1 amide bonds. The number of benzene rings is 1. The number of hydrogen-bond acceptors (Lipinski definition) is 2. The van der Waals surface area contributed by atoms with Crippen LogP contribution in [0.1, 0.15) is 45.1 Å². The summed E-state index contributed by atoms with van der Waals surface area (Å²) >= 11 is 0. The van der Waals surface area contributed by atoms with Gasteiger partial charge in [0, 0.05) is 13.1 Å². The second-order valence-corrected chi connectivity index (χ2v) is 4.83. The average Bonchev–Trinajstić information content (AvgIpc) is 2.41. The van der Waals surface area contributed by atoms with E-state index in [2.05, 4.69) is 13.8 Å². The van der Waals surface area contributed by atoms with Gasteiger partial charge in [-0.15, -0.1) is 0 Å². The fraction of sp³-hybridized carbons (Fsp3) is 0.562. The van der Waals surface area contributed by atoms with Crippen molar-refractivity contribution in [3.63, 3.8) is 0 Å². The summed E-state index contributed by atoms with van der Waals surface area (Å²) in [6, 6.07) is 7.62. The van der Waals surface area contributed by atoms with Crippen LogP contribution in [0.4, 0.5) is 4.79 Å². The Kier molecular flexibility index (Phi) is 7.01. The van der Waals surface area contributed by atoms with E-state index in [0.29, 0.717) is 5.75 Å². The Morgan fingerprint density at radius 1 is 1.11 bits per heavy atom. The zero-order valence-electron chi connectivity index (χ0n) is 12.3. The molecule has 1 aromatic carbocycles. The van der Waals surface area contributed by atoms with Gasteiger partial charge >= 0.3 is 6.09 Å². The molecule has 0 atom stereocenters. The zero-order chi connectivity index (χ0) is 14.1. The first-order valence-corrected chi connectivity index (χ1v) is 7.21. The third-order valence-corrected chi connectivity index (χ3v) is 3.11. The molecule has 0 N–H and O–H groups in total. The summed E-state index contributed by atoms with van der Waals surface area (Å²) < 4.78 is 5.49. The number of carbonyl (C=O) groups is 1. The molecule has 19 heavy (non-hydrogen) atoms. The smallest absolute Gasteiger partial charge is 0.410 e. The lowest BCUT2D eigenvalue weighted by molar-refractivity contribution is 0.150. The van der Waals surface area contributed by atoms with E-state index in [0.717, 1.165) is 44.3 Å². The maximum absolute atomic E-state index is 12.2. The van der Waals surface area contributed by atoms with Crippen LogP contribution >= 0.6 is 0 Å². The summed E-state index contributed by atoms with van der Waals surface area (Å²) in [5.74, 6) is 0.658. The summed E-state index contributed by atoms with van der Waals surface area (Å²) in [7, 11) is 0. The zero-order valence-corrected chi connectivity index (χ0v) is 12.3. The number of amides is 1. The molecule has 0 aliphatic heterocycles. The van der Waals surface area contributed by atoms with Crippen LogP contribution in [0.25, 0.3) is 0 Å². The van der Waals surface area contributed by atoms with Gasteiger partial charge in [-0.25, -0.2) is 4.79 Å². The minimum Gasteiger partial charge on any atom is -0.410 e. The van der Waals surface area contributed by atoms with Crippen molar-refractivity contribution in [2.45, 2.75) is 46.5 Å². The molecule has 1 rings (SSSR count). The molecule has 106 valence electrons. The van der Waals surface area contributed by atoms with Gasteiger partial charge < -0.3 is 9.64 Å². The summed E-state index contributed by atoms with van der Waals surface area (Å²) in [5.41, 5.74) is 0.988. The highest BCUT2D eigenvalue weighted by atomic mass is 16.6. The van der Waals surface area contributed by atoms with Crippen LogP contribution in [-0.2, 0) is 0 Å². The Morgan fingerprint density at radius 2 is 1.68 bits per heavy atom. The molecule has 0 aliphatic rings. The minimum atomic E-state index is -0.226. The second kappa shape index (κ2) is 8.57. The van der Waals surface area contributed by atoms with E-state index in [-0.39, 0.29) is 6.09 Å². The molecule has 0 saturated heterocycles. The molecule has 3 nitrogen and oxygen atoms in total. The Hall–Kier alpha value is -1.51. The van der Waals surface area contributed by atoms with E-state index < -0.39 is 0 Å². The van der Waals surface area contributed by atoms with Crippen LogP contribution in [0, 0.1) is 6.92 Å². The van der Waals surface area contributed by atoms with Crippen LogP contribution in [0.5, 0.6) is 5.75 Å². The van der Waals surface area contributed by atoms with Crippen LogP contribution in [0.3, 0.4) is 0 Å². The molecular weight excluding hydrogens is 238 g/mol. The third kappa shape index (κ3) is 5.33. The van der Waals surface area contributed by atoms with Crippen molar-refractivity contribution >= 4 is 6.09 Å². The molecule has 0 radical (unpaired) electrons. The molecule has 0 unspecified atom stereocenters. The van der Waals surface area contributed by atoms with Gasteiger partial charge in [0.25, 0.3) is 0 Å².